The van der Waals surface area contributed by atoms with Crippen LogP contribution in [0.2, 0.25) is 0 Å². The fraction of sp³-hybridized carbons (Fsp3) is 0.278. The van der Waals surface area contributed by atoms with Gasteiger partial charge in [-0.05, 0) is 46.5 Å². The second-order valence-electron chi connectivity index (χ2n) is 10.8. The number of benzene rings is 2. The lowest BCUT2D eigenvalue weighted by Gasteiger charge is -2.22. The van der Waals surface area contributed by atoms with E-state index < -0.39 is 20.2 Å². The third kappa shape index (κ3) is 23.8. The van der Waals surface area contributed by atoms with E-state index in [-0.39, 0.29) is 26.4 Å². The fourth-order valence-electron chi connectivity index (χ4n) is 4.22. The highest BCUT2D eigenvalue weighted by molar-refractivity contribution is 7.85. The molecule has 2 aromatic heterocycles. The van der Waals surface area contributed by atoms with E-state index in [2.05, 4.69) is 34.3 Å². The summed E-state index contributed by atoms with van der Waals surface area (Å²) in [6, 6.07) is 24.2. The lowest BCUT2D eigenvalue weighted by Crippen LogP contribution is -2.29. The molecule has 0 fully saturated rings. The number of aromatic amines is 2. The summed E-state index contributed by atoms with van der Waals surface area (Å²) in [6.07, 6.45) is 17.0. The van der Waals surface area contributed by atoms with E-state index in [1.165, 1.54) is 0 Å². The summed E-state index contributed by atoms with van der Waals surface area (Å²) in [7, 11) is -7.83. The average Bonchev–Trinajstić information content (AvgIpc) is 3.10. The standard InChI is InChI=1S/2C17H20N2O2.2CH4O3S/c2*20-13-11-19(12-14-21)17-5-3-15(4-6-17)1-2-16-7-9-18-10-8-16;2*1-5(2,3)4/h2*1-10,20-21H,11-14H2;2*1H3,(H,2,3,4)/b2*2-1+;;. The number of H-pyrrole nitrogens is 2. The monoisotopic (exact) mass is 760 g/mol. The van der Waals surface area contributed by atoms with E-state index in [1.807, 2.05) is 107 Å². The Kier molecular flexibility index (Phi) is 22.3. The molecule has 4 aromatic rings. The van der Waals surface area contributed by atoms with Crippen LogP contribution in [0.4, 0.5) is 11.4 Å². The van der Waals surface area contributed by atoms with Crippen molar-refractivity contribution in [3.8, 4) is 0 Å². The van der Waals surface area contributed by atoms with Crippen LogP contribution in [0.1, 0.15) is 22.3 Å². The minimum absolute atomic E-state index is 0.0761. The summed E-state index contributed by atoms with van der Waals surface area (Å²) in [6.45, 7) is 2.40. The molecule has 0 bridgehead atoms. The molecular formula is C36H48N4O10S2. The number of nitrogens with one attached hydrogen (secondary N) is 2. The van der Waals surface area contributed by atoms with Crippen LogP contribution < -0.4 is 19.8 Å². The first-order chi connectivity index (χ1) is 24.7. The van der Waals surface area contributed by atoms with Gasteiger partial charge in [-0.1, -0.05) is 48.6 Å². The minimum Gasteiger partial charge on any atom is -0.748 e. The highest BCUT2D eigenvalue weighted by atomic mass is 32.2. The highest BCUT2D eigenvalue weighted by Gasteiger charge is 2.05. The maximum atomic E-state index is 9.08. The van der Waals surface area contributed by atoms with Gasteiger partial charge in [0.25, 0.3) is 0 Å². The van der Waals surface area contributed by atoms with Crippen molar-refractivity contribution in [2.24, 2.45) is 0 Å². The van der Waals surface area contributed by atoms with Crippen LogP contribution in [0.5, 0.6) is 0 Å². The quantitative estimate of drug-likeness (QED) is 0.133. The first-order valence-electron chi connectivity index (χ1n) is 15.9. The molecule has 2 aromatic carbocycles. The third-order valence-electron chi connectivity index (χ3n) is 6.42. The number of hydrogen-bond acceptors (Lipinski definition) is 12. The van der Waals surface area contributed by atoms with E-state index >= 15 is 0 Å². The van der Waals surface area contributed by atoms with Crippen LogP contribution in [-0.4, -0.2) is 111 Å². The van der Waals surface area contributed by atoms with Crippen LogP contribution in [0.15, 0.2) is 97.6 Å². The summed E-state index contributed by atoms with van der Waals surface area (Å²) < 4.78 is 54.5. The molecule has 284 valence electrons. The number of pyridine rings is 2. The summed E-state index contributed by atoms with van der Waals surface area (Å²) in [5.74, 6) is 0. The van der Waals surface area contributed by atoms with E-state index in [4.69, 9.17) is 46.4 Å². The predicted molar refractivity (Wildman–Crippen MR) is 201 cm³/mol. The number of aliphatic hydroxyl groups is 4. The maximum absolute atomic E-state index is 9.08. The van der Waals surface area contributed by atoms with Gasteiger partial charge in [-0.2, -0.15) is 0 Å². The molecule has 52 heavy (non-hydrogen) atoms. The van der Waals surface area contributed by atoms with Crippen molar-refractivity contribution in [3.63, 3.8) is 0 Å². The van der Waals surface area contributed by atoms with Gasteiger partial charge >= 0.3 is 0 Å². The molecule has 16 heteroatoms. The molecule has 0 radical (unpaired) electrons. The fourth-order valence-corrected chi connectivity index (χ4v) is 4.22. The maximum Gasteiger partial charge on any atom is 0.167 e. The number of hydrogen-bond donors (Lipinski definition) is 4. The molecule has 0 unspecified atom stereocenters. The van der Waals surface area contributed by atoms with E-state index in [0.29, 0.717) is 38.7 Å². The van der Waals surface area contributed by atoms with Gasteiger partial charge < -0.3 is 39.3 Å². The van der Waals surface area contributed by atoms with Crippen LogP contribution in [-0.2, 0) is 20.2 Å². The Morgan fingerprint density at radius 3 is 0.904 bits per heavy atom. The Morgan fingerprint density at radius 1 is 0.481 bits per heavy atom. The molecule has 2 heterocycles. The molecule has 4 rings (SSSR count). The van der Waals surface area contributed by atoms with E-state index in [1.54, 1.807) is 0 Å². The molecule has 0 saturated carbocycles. The zero-order valence-corrected chi connectivity index (χ0v) is 30.8. The normalized spacial score (nSPS) is 11.1. The Bertz CT molecular complexity index is 1630. The number of nitrogens with zero attached hydrogens (tertiary/aromatic N) is 2. The van der Waals surface area contributed by atoms with Gasteiger partial charge in [0.15, 0.2) is 24.8 Å². The SMILES string of the molecule is CS(=O)(=O)[O-].CS(=O)(=O)[O-].OCCN(CCO)c1ccc(/C=C/c2cc[nH+]cc2)cc1.OCCN(CCO)c1ccc(/C=C/c2cc[nH+]cc2)cc1. The molecule has 0 aliphatic rings. The van der Waals surface area contributed by atoms with Crippen molar-refractivity contribution in [1.82, 2.24) is 0 Å². The first-order valence-corrected chi connectivity index (χ1v) is 19.5. The smallest absolute Gasteiger partial charge is 0.167 e. The molecule has 0 spiro atoms. The van der Waals surface area contributed by atoms with Gasteiger partial charge in [-0.15, -0.1) is 0 Å². The van der Waals surface area contributed by atoms with E-state index in [9.17, 15) is 0 Å². The molecule has 0 saturated heterocycles. The van der Waals surface area contributed by atoms with Crippen molar-refractivity contribution in [2.75, 3.05) is 74.9 Å². The van der Waals surface area contributed by atoms with Gasteiger partial charge in [0.05, 0.1) is 46.7 Å². The van der Waals surface area contributed by atoms with Crippen molar-refractivity contribution in [2.45, 2.75) is 0 Å². The van der Waals surface area contributed by atoms with Crippen molar-refractivity contribution >= 4 is 55.9 Å². The second kappa shape index (κ2) is 25.4. The summed E-state index contributed by atoms with van der Waals surface area (Å²) in [5.41, 5.74) is 6.51. The number of aromatic nitrogens is 2. The lowest BCUT2D eigenvalue weighted by atomic mass is 10.1. The topological polar surface area (TPSA) is 230 Å². The largest absolute Gasteiger partial charge is 0.748 e. The number of rotatable bonds is 14. The molecule has 6 N–H and O–H groups in total. The zero-order valence-electron chi connectivity index (χ0n) is 29.2. The Labute approximate surface area is 306 Å². The molecule has 14 nitrogen and oxygen atoms in total. The van der Waals surface area contributed by atoms with E-state index in [0.717, 1.165) is 33.6 Å². The van der Waals surface area contributed by atoms with Gasteiger partial charge in [-0.3, -0.25) is 0 Å². The zero-order chi connectivity index (χ0) is 38.8. The molecule has 0 atom stereocenters. The third-order valence-corrected chi connectivity index (χ3v) is 6.42. The number of aliphatic hydroxyl groups excluding tert-OH is 4. The van der Waals surface area contributed by atoms with Gasteiger partial charge in [-0.25, -0.2) is 26.8 Å². The molecular weight excluding hydrogens is 713 g/mol. The summed E-state index contributed by atoms with van der Waals surface area (Å²) >= 11 is 0. The van der Waals surface area contributed by atoms with Gasteiger partial charge in [0.2, 0.25) is 0 Å². The van der Waals surface area contributed by atoms with Crippen LogP contribution in [0.25, 0.3) is 24.3 Å². The van der Waals surface area contributed by atoms with Crippen molar-refractivity contribution in [3.05, 3.63) is 120 Å². The molecule has 0 aliphatic heterocycles. The van der Waals surface area contributed by atoms with Gasteiger partial charge in [0, 0.05) is 74.3 Å². The van der Waals surface area contributed by atoms with Crippen molar-refractivity contribution in [1.29, 1.82) is 0 Å². The predicted octanol–water partition coefficient (Wildman–Crippen LogP) is 1.25. The Morgan fingerprint density at radius 2 is 0.692 bits per heavy atom. The lowest BCUT2D eigenvalue weighted by molar-refractivity contribution is -0.378. The average molecular weight is 761 g/mol. The Balaban J connectivity index is 0.000000413. The highest BCUT2D eigenvalue weighted by Crippen LogP contribution is 2.18. The Hall–Kier alpha value is -4.52. The van der Waals surface area contributed by atoms with Crippen LogP contribution in [0.3, 0.4) is 0 Å². The van der Waals surface area contributed by atoms with Crippen LogP contribution >= 0.6 is 0 Å². The minimum atomic E-state index is -3.92. The van der Waals surface area contributed by atoms with Gasteiger partial charge in [0.1, 0.15) is 0 Å². The molecule has 0 amide bonds. The first kappa shape index (κ1) is 45.5. The van der Waals surface area contributed by atoms with Crippen molar-refractivity contribution < 1.29 is 56.3 Å². The number of anilines is 2. The molecule has 0 aliphatic carbocycles. The summed E-state index contributed by atoms with van der Waals surface area (Å²) in [5, 5.41) is 36.2. The second-order valence-corrected chi connectivity index (χ2v) is 13.6. The van der Waals surface area contributed by atoms with Crippen LogP contribution in [0, 0.1) is 0 Å². The summed E-state index contributed by atoms with van der Waals surface area (Å²) in [4.78, 5) is 9.91.